The summed E-state index contributed by atoms with van der Waals surface area (Å²) in [6.45, 7) is 6.70. The molecule has 1 heterocycles. The van der Waals surface area contributed by atoms with Crippen LogP contribution in [0.4, 0.5) is 0 Å². The molecule has 0 spiro atoms. The fraction of sp³-hybridized carbons (Fsp3) is 0.400. The largest absolute Gasteiger partial charge is 0.253 e. The van der Waals surface area contributed by atoms with Crippen LogP contribution in [-0.4, -0.2) is 4.98 Å². The van der Waals surface area contributed by atoms with Crippen molar-refractivity contribution in [3.8, 4) is 0 Å². The quantitative estimate of drug-likeness (QED) is 0.740. The Morgan fingerprint density at radius 3 is 2.62 bits per heavy atom. The van der Waals surface area contributed by atoms with Gasteiger partial charge in [-0.1, -0.05) is 39.0 Å². The average molecular weight is 213 g/mol. The Balaban J connectivity index is 2.68. The fourth-order valence-corrected chi connectivity index (χ4v) is 2.07. The minimum Gasteiger partial charge on any atom is -0.253 e. The predicted molar refractivity (Wildman–Crippen MR) is 69.8 cm³/mol. The molecule has 0 saturated heterocycles. The standard InChI is InChI=1S/C15H19N/c1-4-11(3)14-10-12(5-2)16-15-9-7-6-8-13(14)15/h6-11H,4-5H2,1-3H3. The second-order valence-electron chi connectivity index (χ2n) is 4.38. The molecule has 1 heteroatoms. The first-order valence-corrected chi connectivity index (χ1v) is 6.14. The zero-order valence-corrected chi connectivity index (χ0v) is 10.3. The van der Waals surface area contributed by atoms with Crippen molar-refractivity contribution in [1.82, 2.24) is 4.98 Å². The van der Waals surface area contributed by atoms with E-state index < -0.39 is 0 Å². The summed E-state index contributed by atoms with van der Waals surface area (Å²) in [6.07, 6.45) is 2.19. The number of pyridine rings is 1. The lowest BCUT2D eigenvalue weighted by atomic mass is 9.94. The minimum atomic E-state index is 0.609. The van der Waals surface area contributed by atoms with E-state index in [0.29, 0.717) is 5.92 Å². The topological polar surface area (TPSA) is 12.9 Å². The van der Waals surface area contributed by atoms with Crippen LogP contribution in [0.15, 0.2) is 30.3 Å². The maximum Gasteiger partial charge on any atom is 0.0708 e. The van der Waals surface area contributed by atoms with Crippen LogP contribution < -0.4 is 0 Å². The molecule has 84 valence electrons. The van der Waals surface area contributed by atoms with Crippen LogP contribution in [0.5, 0.6) is 0 Å². The Labute approximate surface area is 97.5 Å². The Morgan fingerprint density at radius 2 is 1.94 bits per heavy atom. The maximum absolute atomic E-state index is 4.67. The highest BCUT2D eigenvalue weighted by Crippen LogP contribution is 2.27. The normalized spacial score (nSPS) is 12.9. The highest BCUT2D eigenvalue weighted by Gasteiger charge is 2.09. The van der Waals surface area contributed by atoms with Crippen LogP contribution in [-0.2, 0) is 6.42 Å². The fourth-order valence-electron chi connectivity index (χ4n) is 2.07. The Morgan fingerprint density at radius 1 is 1.19 bits per heavy atom. The van der Waals surface area contributed by atoms with Crippen molar-refractivity contribution in [3.05, 3.63) is 41.6 Å². The smallest absolute Gasteiger partial charge is 0.0708 e. The number of hydrogen-bond donors (Lipinski definition) is 0. The number of nitrogens with zero attached hydrogens (tertiary/aromatic N) is 1. The molecular weight excluding hydrogens is 194 g/mol. The van der Waals surface area contributed by atoms with Crippen molar-refractivity contribution >= 4 is 10.9 Å². The molecule has 0 saturated carbocycles. The molecule has 0 fully saturated rings. The van der Waals surface area contributed by atoms with Gasteiger partial charge in [-0.25, -0.2) is 0 Å². The van der Waals surface area contributed by atoms with E-state index >= 15 is 0 Å². The number of fused-ring (bicyclic) bond motifs is 1. The first kappa shape index (κ1) is 11.1. The third-order valence-corrected chi connectivity index (χ3v) is 3.31. The van der Waals surface area contributed by atoms with Gasteiger partial charge in [-0.3, -0.25) is 4.98 Å². The summed E-state index contributed by atoms with van der Waals surface area (Å²) in [5.41, 5.74) is 3.79. The van der Waals surface area contributed by atoms with Crippen molar-refractivity contribution in [1.29, 1.82) is 0 Å². The van der Waals surface area contributed by atoms with Crippen molar-refractivity contribution in [3.63, 3.8) is 0 Å². The third-order valence-electron chi connectivity index (χ3n) is 3.31. The highest BCUT2D eigenvalue weighted by molar-refractivity contribution is 5.82. The zero-order valence-electron chi connectivity index (χ0n) is 10.3. The van der Waals surface area contributed by atoms with Gasteiger partial charge < -0.3 is 0 Å². The van der Waals surface area contributed by atoms with Crippen LogP contribution in [0, 0.1) is 0 Å². The van der Waals surface area contributed by atoms with E-state index in [0.717, 1.165) is 11.9 Å². The maximum atomic E-state index is 4.67. The highest BCUT2D eigenvalue weighted by atomic mass is 14.7. The summed E-state index contributed by atoms with van der Waals surface area (Å²) in [4.78, 5) is 4.67. The lowest BCUT2D eigenvalue weighted by molar-refractivity contribution is 0.736. The van der Waals surface area contributed by atoms with E-state index in [1.807, 2.05) is 0 Å². The molecule has 0 aliphatic carbocycles. The van der Waals surface area contributed by atoms with Crippen molar-refractivity contribution in [2.45, 2.75) is 39.5 Å². The summed E-state index contributed by atoms with van der Waals surface area (Å²) in [5, 5.41) is 1.31. The van der Waals surface area contributed by atoms with Gasteiger partial charge in [0.15, 0.2) is 0 Å². The minimum absolute atomic E-state index is 0.609. The predicted octanol–water partition coefficient (Wildman–Crippen LogP) is 4.31. The lowest BCUT2D eigenvalue weighted by Gasteiger charge is -2.13. The van der Waals surface area contributed by atoms with Gasteiger partial charge in [0.2, 0.25) is 0 Å². The zero-order chi connectivity index (χ0) is 11.5. The Kier molecular flexibility index (Phi) is 3.23. The molecule has 16 heavy (non-hydrogen) atoms. The molecule has 2 aromatic rings. The average Bonchev–Trinajstić information content (AvgIpc) is 2.36. The molecular formula is C15H19N. The van der Waals surface area contributed by atoms with Gasteiger partial charge in [-0.05, 0) is 36.5 Å². The Hall–Kier alpha value is -1.37. The third kappa shape index (κ3) is 1.95. The molecule has 0 aliphatic rings. The van der Waals surface area contributed by atoms with E-state index in [9.17, 15) is 0 Å². The molecule has 1 aromatic heterocycles. The van der Waals surface area contributed by atoms with Crippen molar-refractivity contribution in [2.24, 2.45) is 0 Å². The molecule has 1 unspecified atom stereocenters. The molecule has 1 nitrogen and oxygen atoms in total. The number of aromatic nitrogens is 1. The van der Waals surface area contributed by atoms with Crippen molar-refractivity contribution in [2.75, 3.05) is 0 Å². The summed E-state index contributed by atoms with van der Waals surface area (Å²) in [7, 11) is 0. The van der Waals surface area contributed by atoms with Crippen LogP contribution in [0.2, 0.25) is 0 Å². The molecule has 0 aliphatic heterocycles. The number of rotatable bonds is 3. The number of benzene rings is 1. The summed E-state index contributed by atoms with van der Waals surface area (Å²) in [6, 6.07) is 10.7. The van der Waals surface area contributed by atoms with Crippen LogP contribution >= 0.6 is 0 Å². The molecule has 0 radical (unpaired) electrons. The summed E-state index contributed by atoms with van der Waals surface area (Å²) in [5.74, 6) is 0.609. The molecule has 0 bridgehead atoms. The number of aryl methyl sites for hydroxylation is 1. The van der Waals surface area contributed by atoms with Gasteiger partial charge in [0.1, 0.15) is 0 Å². The molecule has 2 rings (SSSR count). The first-order valence-electron chi connectivity index (χ1n) is 6.14. The first-order chi connectivity index (χ1) is 7.76. The van der Waals surface area contributed by atoms with Crippen molar-refractivity contribution < 1.29 is 0 Å². The van der Waals surface area contributed by atoms with E-state index in [2.05, 4.69) is 56.1 Å². The van der Waals surface area contributed by atoms with E-state index in [-0.39, 0.29) is 0 Å². The monoisotopic (exact) mass is 213 g/mol. The second kappa shape index (κ2) is 4.65. The van der Waals surface area contributed by atoms with Crippen LogP contribution in [0.25, 0.3) is 10.9 Å². The van der Waals surface area contributed by atoms with E-state index in [1.54, 1.807) is 0 Å². The lowest BCUT2D eigenvalue weighted by Crippen LogP contribution is -1.98. The van der Waals surface area contributed by atoms with Gasteiger partial charge in [-0.15, -0.1) is 0 Å². The van der Waals surface area contributed by atoms with Gasteiger partial charge in [0.25, 0.3) is 0 Å². The number of hydrogen-bond acceptors (Lipinski definition) is 1. The van der Waals surface area contributed by atoms with Gasteiger partial charge in [0, 0.05) is 11.1 Å². The molecule has 1 atom stereocenters. The second-order valence-corrected chi connectivity index (χ2v) is 4.38. The SMILES string of the molecule is CCc1cc(C(C)CC)c2ccccc2n1. The van der Waals surface area contributed by atoms with Gasteiger partial charge in [-0.2, -0.15) is 0 Å². The molecule has 0 N–H and O–H groups in total. The summed E-state index contributed by atoms with van der Waals surface area (Å²) >= 11 is 0. The number of para-hydroxylation sites is 1. The molecule has 0 amide bonds. The van der Waals surface area contributed by atoms with Gasteiger partial charge >= 0.3 is 0 Å². The molecule has 1 aromatic carbocycles. The summed E-state index contributed by atoms with van der Waals surface area (Å²) < 4.78 is 0. The van der Waals surface area contributed by atoms with E-state index in [1.165, 1.54) is 23.1 Å². The Bertz CT molecular complexity index is 488. The van der Waals surface area contributed by atoms with E-state index in [4.69, 9.17) is 0 Å². The van der Waals surface area contributed by atoms with Crippen LogP contribution in [0.3, 0.4) is 0 Å². The van der Waals surface area contributed by atoms with Gasteiger partial charge in [0.05, 0.1) is 5.52 Å². The van der Waals surface area contributed by atoms with Crippen LogP contribution in [0.1, 0.15) is 44.4 Å².